The van der Waals surface area contributed by atoms with Gasteiger partial charge in [0, 0.05) is 0 Å². The first-order valence-electron chi connectivity index (χ1n) is 12.2. The van der Waals surface area contributed by atoms with Crippen molar-refractivity contribution in [1.29, 1.82) is 0 Å². The molecule has 1 rings (SSSR count). The Labute approximate surface area is 179 Å². The molecule has 0 saturated heterocycles. The van der Waals surface area contributed by atoms with Crippen LogP contribution in [0, 0.1) is 11.8 Å². The van der Waals surface area contributed by atoms with Crippen molar-refractivity contribution >= 4 is 11.9 Å². The highest BCUT2D eigenvalue weighted by molar-refractivity contribution is 5.76. The Morgan fingerprint density at radius 1 is 0.759 bits per heavy atom. The number of unbranched alkanes of at least 4 members (excludes halogenated alkanes) is 10. The summed E-state index contributed by atoms with van der Waals surface area (Å²) < 4.78 is 11.0. The molecule has 0 aromatic carbocycles. The lowest BCUT2D eigenvalue weighted by Gasteiger charge is -2.29. The van der Waals surface area contributed by atoms with Crippen molar-refractivity contribution in [2.24, 2.45) is 11.8 Å². The van der Waals surface area contributed by atoms with E-state index >= 15 is 0 Å². The van der Waals surface area contributed by atoms with Crippen molar-refractivity contribution in [2.75, 3.05) is 6.61 Å². The van der Waals surface area contributed by atoms with E-state index in [1.165, 1.54) is 57.8 Å². The van der Waals surface area contributed by atoms with Crippen LogP contribution in [0.4, 0.5) is 0 Å². The normalized spacial score (nSPS) is 19.7. The Morgan fingerprint density at radius 2 is 1.24 bits per heavy atom. The molecule has 0 radical (unpaired) electrons. The van der Waals surface area contributed by atoms with Gasteiger partial charge < -0.3 is 9.47 Å². The van der Waals surface area contributed by atoms with Gasteiger partial charge in [0.25, 0.3) is 0 Å². The smallest absolute Gasteiger partial charge is 0.309 e. The first kappa shape index (κ1) is 26.0. The van der Waals surface area contributed by atoms with Crippen LogP contribution in [0.5, 0.6) is 0 Å². The molecule has 0 aromatic heterocycles. The molecule has 2 unspecified atom stereocenters. The topological polar surface area (TPSA) is 52.6 Å². The zero-order valence-corrected chi connectivity index (χ0v) is 19.6. The molecule has 0 amide bonds. The van der Waals surface area contributed by atoms with Gasteiger partial charge in [-0.25, -0.2) is 0 Å². The van der Waals surface area contributed by atoms with E-state index in [1.807, 2.05) is 20.8 Å². The van der Waals surface area contributed by atoms with Crippen molar-refractivity contribution in [3.05, 3.63) is 0 Å². The fraction of sp³-hybridized carbons (Fsp3) is 0.920. The quantitative estimate of drug-likeness (QED) is 0.229. The molecule has 4 nitrogen and oxygen atoms in total. The van der Waals surface area contributed by atoms with Gasteiger partial charge in [0.2, 0.25) is 0 Å². The third-order valence-electron chi connectivity index (χ3n) is 5.74. The summed E-state index contributed by atoms with van der Waals surface area (Å²) in [5.74, 6) is -0.595. The second-order valence-corrected chi connectivity index (χ2v) is 9.80. The molecule has 1 saturated carbocycles. The summed E-state index contributed by atoms with van der Waals surface area (Å²) in [5, 5.41) is 0. The fourth-order valence-electron chi connectivity index (χ4n) is 4.06. The van der Waals surface area contributed by atoms with Crippen LogP contribution >= 0.6 is 0 Å². The summed E-state index contributed by atoms with van der Waals surface area (Å²) in [7, 11) is 0. The zero-order valence-electron chi connectivity index (χ0n) is 19.6. The van der Waals surface area contributed by atoms with Crippen LogP contribution in [0.1, 0.15) is 124 Å². The molecule has 1 aliphatic rings. The van der Waals surface area contributed by atoms with E-state index in [4.69, 9.17) is 9.47 Å². The van der Waals surface area contributed by atoms with Gasteiger partial charge in [0.15, 0.2) is 0 Å². The van der Waals surface area contributed by atoms with E-state index in [1.54, 1.807) is 0 Å². The van der Waals surface area contributed by atoms with E-state index in [0.717, 1.165) is 32.1 Å². The van der Waals surface area contributed by atoms with Crippen LogP contribution in [-0.2, 0) is 19.1 Å². The highest BCUT2D eigenvalue weighted by Gasteiger charge is 2.34. The maximum Gasteiger partial charge on any atom is 0.309 e. The summed E-state index contributed by atoms with van der Waals surface area (Å²) in [6, 6.07) is 0. The molecular formula is C25H46O4. The maximum atomic E-state index is 12.4. The Hall–Kier alpha value is -1.06. The molecule has 0 aliphatic heterocycles. The average Bonchev–Trinajstić information content (AvgIpc) is 2.67. The van der Waals surface area contributed by atoms with Gasteiger partial charge in [-0.2, -0.15) is 0 Å². The Bertz CT molecular complexity index is 452. The van der Waals surface area contributed by atoms with Gasteiger partial charge in [-0.3, -0.25) is 9.59 Å². The Morgan fingerprint density at radius 3 is 1.76 bits per heavy atom. The van der Waals surface area contributed by atoms with Crippen LogP contribution in [0.3, 0.4) is 0 Å². The van der Waals surface area contributed by atoms with E-state index in [9.17, 15) is 9.59 Å². The minimum Gasteiger partial charge on any atom is -0.465 e. The molecular weight excluding hydrogens is 364 g/mol. The summed E-state index contributed by atoms with van der Waals surface area (Å²) >= 11 is 0. The number of rotatable bonds is 14. The van der Waals surface area contributed by atoms with Gasteiger partial charge in [-0.1, -0.05) is 77.6 Å². The monoisotopic (exact) mass is 410 g/mol. The van der Waals surface area contributed by atoms with Gasteiger partial charge >= 0.3 is 11.9 Å². The molecule has 29 heavy (non-hydrogen) atoms. The van der Waals surface area contributed by atoms with Gasteiger partial charge in [0.1, 0.15) is 5.60 Å². The van der Waals surface area contributed by atoms with Gasteiger partial charge in [-0.05, 0) is 46.5 Å². The predicted octanol–water partition coefficient (Wildman–Crippen LogP) is 6.99. The Kier molecular flexibility index (Phi) is 13.3. The molecule has 4 heteroatoms. The molecule has 0 spiro atoms. The first-order chi connectivity index (χ1) is 13.8. The number of carbonyl (C=O) groups excluding carboxylic acids is 2. The molecule has 0 bridgehead atoms. The lowest BCUT2D eigenvalue weighted by Crippen LogP contribution is -2.33. The van der Waals surface area contributed by atoms with Gasteiger partial charge in [-0.15, -0.1) is 0 Å². The van der Waals surface area contributed by atoms with Crippen molar-refractivity contribution in [2.45, 2.75) is 130 Å². The van der Waals surface area contributed by atoms with Crippen molar-refractivity contribution in [3.8, 4) is 0 Å². The third-order valence-corrected chi connectivity index (χ3v) is 5.74. The molecule has 0 aromatic rings. The molecule has 0 N–H and O–H groups in total. The number of ether oxygens (including phenoxy) is 2. The molecule has 1 fully saturated rings. The number of esters is 2. The van der Waals surface area contributed by atoms with E-state index in [-0.39, 0.29) is 23.8 Å². The minimum atomic E-state index is -0.473. The summed E-state index contributed by atoms with van der Waals surface area (Å²) in [6.07, 6.45) is 17.3. The largest absolute Gasteiger partial charge is 0.465 e. The fourth-order valence-corrected chi connectivity index (χ4v) is 4.06. The van der Waals surface area contributed by atoms with Crippen molar-refractivity contribution in [3.63, 3.8) is 0 Å². The number of hydrogen-bond donors (Lipinski definition) is 0. The van der Waals surface area contributed by atoms with Crippen molar-refractivity contribution < 1.29 is 19.1 Å². The minimum absolute atomic E-state index is 0.120. The average molecular weight is 411 g/mol. The standard InChI is InChI=1S/C25H46O4/c1-5-6-7-8-9-10-11-12-13-14-15-19-28-23(26)21-17-16-18-22(20-21)24(27)29-25(2,3)4/h21-22H,5-20H2,1-4H3. The lowest BCUT2D eigenvalue weighted by atomic mass is 9.81. The predicted molar refractivity (Wildman–Crippen MR) is 119 cm³/mol. The summed E-state index contributed by atoms with van der Waals surface area (Å²) in [4.78, 5) is 24.6. The summed E-state index contributed by atoms with van der Waals surface area (Å²) in [5.41, 5.74) is -0.473. The lowest BCUT2D eigenvalue weighted by molar-refractivity contribution is -0.163. The highest BCUT2D eigenvalue weighted by atomic mass is 16.6. The van der Waals surface area contributed by atoms with E-state index < -0.39 is 5.60 Å². The Balaban J connectivity index is 2.06. The number of carbonyl (C=O) groups is 2. The zero-order chi connectivity index (χ0) is 21.5. The van der Waals surface area contributed by atoms with Gasteiger partial charge in [0.05, 0.1) is 18.4 Å². The van der Waals surface area contributed by atoms with Crippen molar-refractivity contribution in [1.82, 2.24) is 0 Å². The molecule has 2 atom stereocenters. The molecule has 170 valence electrons. The maximum absolute atomic E-state index is 12.4. The van der Waals surface area contributed by atoms with Crippen LogP contribution in [0.2, 0.25) is 0 Å². The first-order valence-corrected chi connectivity index (χ1v) is 12.2. The molecule has 0 heterocycles. The SMILES string of the molecule is CCCCCCCCCCCCCOC(=O)C1CCCC(C(=O)OC(C)(C)C)C1. The summed E-state index contributed by atoms with van der Waals surface area (Å²) in [6.45, 7) is 8.42. The number of hydrogen-bond acceptors (Lipinski definition) is 4. The van der Waals surface area contributed by atoms with Crippen LogP contribution < -0.4 is 0 Å². The van der Waals surface area contributed by atoms with Crippen LogP contribution in [-0.4, -0.2) is 24.1 Å². The highest BCUT2D eigenvalue weighted by Crippen LogP contribution is 2.31. The molecule has 1 aliphatic carbocycles. The second kappa shape index (κ2) is 14.8. The van der Waals surface area contributed by atoms with Crippen LogP contribution in [0.15, 0.2) is 0 Å². The van der Waals surface area contributed by atoms with E-state index in [2.05, 4.69) is 6.92 Å². The second-order valence-electron chi connectivity index (χ2n) is 9.80. The third kappa shape index (κ3) is 13.0. The van der Waals surface area contributed by atoms with E-state index in [0.29, 0.717) is 13.0 Å². The van der Waals surface area contributed by atoms with Crippen LogP contribution in [0.25, 0.3) is 0 Å².